The Labute approximate surface area is 189 Å². The van der Waals surface area contributed by atoms with Gasteiger partial charge in [0.15, 0.2) is 0 Å². The lowest BCUT2D eigenvalue weighted by molar-refractivity contribution is -0.138. The van der Waals surface area contributed by atoms with Gasteiger partial charge in [-0.05, 0) is 44.1 Å². The number of hydrogen-bond acceptors (Lipinski definition) is 5. The molecule has 4 rings (SSSR count). The number of ether oxygens (including phenoxy) is 1. The highest BCUT2D eigenvalue weighted by molar-refractivity contribution is 5.81. The number of carbonyl (C=O) groups is 3. The van der Waals surface area contributed by atoms with Crippen molar-refractivity contribution in [1.29, 1.82) is 0 Å². The monoisotopic (exact) mass is 445 g/mol. The molecule has 0 unspecified atom stereocenters. The molecule has 176 valence electrons. The summed E-state index contributed by atoms with van der Waals surface area (Å²) >= 11 is 0. The molecule has 0 aromatic heterocycles. The highest BCUT2D eigenvalue weighted by atomic mass is 16.5. The van der Waals surface area contributed by atoms with Crippen molar-refractivity contribution in [3.63, 3.8) is 0 Å². The van der Waals surface area contributed by atoms with Gasteiger partial charge in [0, 0.05) is 51.3 Å². The molecule has 1 atom stereocenters. The van der Waals surface area contributed by atoms with Crippen molar-refractivity contribution < 1.29 is 24.2 Å². The molecule has 8 nitrogen and oxygen atoms in total. The Morgan fingerprint density at radius 1 is 1.03 bits per heavy atom. The van der Waals surface area contributed by atoms with Crippen LogP contribution in [0, 0.1) is 5.92 Å². The van der Waals surface area contributed by atoms with Gasteiger partial charge in [0.05, 0.1) is 0 Å². The third kappa shape index (κ3) is 7.03. The molecule has 1 aromatic rings. The van der Waals surface area contributed by atoms with Gasteiger partial charge < -0.3 is 20.1 Å². The van der Waals surface area contributed by atoms with Gasteiger partial charge in [0.1, 0.15) is 6.10 Å². The van der Waals surface area contributed by atoms with E-state index < -0.39 is 0 Å². The molecule has 0 radical (unpaired) electrons. The summed E-state index contributed by atoms with van der Waals surface area (Å²) in [6.07, 6.45) is 5.07. The first kappa shape index (κ1) is 24.2. The molecule has 3 aliphatic rings. The van der Waals surface area contributed by atoms with Crippen LogP contribution in [-0.4, -0.2) is 78.1 Å². The Morgan fingerprint density at radius 2 is 1.69 bits per heavy atom. The zero-order valence-corrected chi connectivity index (χ0v) is 18.7. The number of rotatable bonds is 5. The Hall–Kier alpha value is -2.45. The smallest absolute Gasteiger partial charge is 0.290 e. The van der Waals surface area contributed by atoms with Crippen LogP contribution in [0.3, 0.4) is 0 Å². The molecule has 2 heterocycles. The molecule has 2 saturated heterocycles. The number of piperazine rings is 1. The van der Waals surface area contributed by atoms with Crippen LogP contribution in [0.25, 0.3) is 0 Å². The maximum atomic E-state index is 13.0. The normalized spacial score (nSPS) is 26.0. The quantitative estimate of drug-likeness (QED) is 0.672. The molecule has 1 saturated carbocycles. The van der Waals surface area contributed by atoms with Gasteiger partial charge in [-0.3, -0.25) is 19.3 Å². The van der Waals surface area contributed by atoms with E-state index in [9.17, 15) is 9.59 Å². The van der Waals surface area contributed by atoms with Crippen LogP contribution in [0.1, 0.15) is 44.1 Å². The van der Waals surface area contributed by atoms with E-state index in [4.69, 9.17) is 14.6 Å². The van der Waals surface area contributed by atoms with Crippen LogP contribution < -0.4 is 5.32 Å². The van der Waals surface area contributed by atoms with Crippen LogP contribution in [0.15, 0.2) is 30.3 Å². The average Bonchev–Trinajstić information content (AvgIpc) is 3.36. The molecule has 2 N–H and O–H groups in total. The second kappa shape index (κ2) is 12.6. The van der Waals surface area contributed by atoms with Crippen molar-refractivity contribution in [1.82, 2.24) is 15.1 Å². The number of carboxylic acid groups (broad SMARTS) is 1. The minimum atomic E-state index is -0.262. The number of nitrogens with zero attached hydrogens (tertiary/aromatic N) is 2. The van der Waals surface area contributed by atoms with E-state index in [2.05, 4.69) is 39.4 Å². The number of carbonyl (C=O) groups excluding carboxylic acids is 2. The predicted molar refractivity (Wildman–Crippen MR) is 120 cm³/mol. The lowest BCUT2D eigenvalue weighted by Gasteiger charge is -2.38. The number of benzene rings is 1. The minimum absolute atomic E-state index is 0.0341. The first-order valence-electron chi connectivity index (χ1n) is 11.7. The molecule has 0 bridgehead atoms. The summed E-state index contributed by atoms with van der Waals surface area (Å²) in [7, 11) is 0. The van der Waals surface area contributed by atoms with Crippen molar-refractivity contribution in [3.8, 4) is 0 Å². The topological polar surface area (TPSA) is 99.2 Å². The standard InChI is InChI=1S/C23H33N3O3.CH2O2/c27-22(21-7-4-16-29-21)24-20-10-8-19(9-11-20)23(28)26-14-12-25(13-15-26)17-18-5-2-1-3-6-18;2-1-3/h1-3,5-6,19-21H,4,7-17H2,(H,24,27);1H,(H,2,3)/t19?,20?,21-;/m1./s1. The molecule has 1 aliphatic carbocycles. The third-order valence-electron chi connectivity index (χ3n) is 6.58. The van der Waals surface area contributed by atoms with E-state index in [0.717, 1.165) is 71.2 Å². The first-order valence-corrected chi connectivity index (χ1v) is 11.7. The zero-order valence-electron chi connectivity index (χ0n) is 18.7. The first-order chi connectivity index (χ1) is 15.6. The van der Waals surface area contributed by atoms with Crippen LogP contribution in [-0.2, 0) is 25.7 Å². The summed E-state index contributed by atoms with van der Waals surface area (Å²) < 4.78 is 5.46. The zero-order chi connectivity index (χ0) is 22.8. The van der Waals surface area contributed by atoms with E-state index in [0.29, 0.717) is 12.5 Å². The van der Waals surface area contributed by atoms with Gasteiger partial charge in [-0.2, -0.15) is 0 Å². The fourth-order valence-electron chi connectivity index (χ4n) is 4.79. The van der Waals surface area contributed by atoms with Crippen LogP contribution in [0.5, 0.6) is 0 Å². The Bertz CT molecular complexity index is 722. The van der Waals surface area contributed by atoms with E-state index in [1.807, 2.05) is 6.07 Å². The van der Waals surface area contributed by atoms with E-state index >= 15 is 0 Å². The van der Waals surface area contributed by atoms with Crippen LogP contribution in [0.4, 0.5) is 0 Å². The summed E-state index contributed by atoms with van der Waals surface area (Å²) in [6, 6.07) is 10.7. The molecule has 2 amide bonds. The van der Waals surface area contributed by atoms with Crippen molar-refractivity contribution in [2.75, 3.05) is 32.8 Å². The summed E-state index contributed by atoms with van der Waals surface area (Å²) in [6.45, 7) is 4.92. The van der Waals surface area contributed by atoms with Gasteiger partial charge in [-0.1, -0.05) is 30.3 Å². The van der Waals surface area contributed by atoms with Crippen LogP contribution in [0.2, 0.25) is 0 Å². The lowest BCUT2D eigenvalue weighted by Crippen LogP contribution is -2.51. The van der Waals surface area contributed by atoms with Crippen molar-refractivity contribution in [2.24, 2.45) is 5.92 Å². The van der Waals surface area contributed by atoms with Gasteiger partial charge in [0.25, 0.3) is 6.47 Å². The summed E-state index contributed by atoms with van der Waals surface area (Å²) in [5.41, 5.74) is 1.33. The third-order valence-corrected chi connectivity index (χ3v) is 6.58. The second-order valence-electron chi connectivity index (χ2n) is 8.75. The maximum absolute atomic E-state index is 13.0. The highest BCUT2D eigenvalue weighted by Gasteiger charge is 2.33. The highest BCUT2D eigenvalue weighted by Crippen LogP contribution is 2.27. The van der Waals surface area contributed by atoms with Gasteiger partial charge in [-0.25, -0.2) is 0 Å². The minimum Gasteiger partial charge on any atom is -0.483 e. The van der Waals surface area contributed by atoms with Crippen LogP contribution >= 0.6 is 0 Å². The summed E-state index contributed by atoms with van der Waals surface area (Å²) in [4.78, 5) is 38.0. The largest absolute Gasteiger partial charge is 0.483 e. The van der Waals surface area contributed by atoms with Crippen molar-refractivity contribution in [2.45, 2.75) is 57.2 Å². The fraction of sp³-hybridized carbons (Fsp3) is 0.625. The Balaban J connectivity index is 0.000000913. The van der Waals surface area contributed by atoms with E-state index in [-0.39, 0.29) is 30.4 Å². The SMILES string of the molecule is O=C(NC1CCC(C(=O)N2CCN(Cc3ccccc3)CC2)CC1)[C@H]1CCCO1.O=CO. The fourth-order valence-corrected chi connectivity index (χ4v) is 4.79. The molecular formula is C24H35N3O5. The number of amides is 2. The number of hydrogen-bond donors (Lipinski definition) is 2. The summed E-state index contributed by atoms with van der Waals surface area (Å²) in [5, 5.41) is 10.0. The Kier molecular flexibility index (Phi) is 9.49. The molecule has 8 heteroatoms. The lowest BCUT2D eigenvalue weighted by atomic mass is 9.85. The van der Waals surface area contributed by atoms with Gasteiger partial charge in [0.2, 0.25) is 11.8 Å². The predicted octanol–water partition coefficient (Wildman–Crippen LogP) is 1.89. The molecular weight excluding hydrogens is 410 g/mol. The van der Waals surface area contributed by atoms with Crippen molar-refractivity contribution >= 4 is 18.3 Å². The molecule has 0 spiro atoms. The van der Waals surface area contributed by atoms with E-state index in [1.54, 1.807) is 0 Å². The number of nitrogens with one attached hydrogen (secondary N) is 1. The van der Waals surface area contributed by atoms with Gasteiger partial charge >= 0.3 is 0 Å². The maximum Gasteiger partial charge on any atom is 0.290 e. The molecule has 3 fully saturated rings. The second-order valence-corrected chi connectivity index (χ2v) is 8.75. The molecule has 2 aliphatic heterocycles. The van der Waals surface area contributed by atoms with Gasteiger partial charge in [-0.15, -0.1) is 0 Å². The molecule has 1 aromatic carbocycles. The summed E-state index contributed by atoms with van der Waals surface area (Å²) in [5.74, 6) is 0.464. The van der Waals surface area contributed by atoms with Crippen molar-refractivity contribution in [3.05, 3.63) is 35.9 Å². The average molecular weight is 446 g/mol. The Morgan fingerprint density at radius 3 is 2.28 bits per heavy atom. The molecule has 32 heavy (non-hydrogen) atoms. The van der Waals surface area contributed by atoms with E-state index in [1.165, 1.54) is 5.56 Å².